The van der Waals surface area contributed by atoms with E-state index in [1.165, 1.54) is 0 Å². The molecule has 0 radical (unpaired) electrons. The predicted octanol–water partition coefficient (Wildman–Crippen LogP) is 6.58. The second-order valence-corrected chi connectivity index (χ2v) is 9.78. The Morgan fingerprint density at radius 3 is 2.54 bits per heavy atom. The van der Waals surface area contributed by atoms with E-state index in [2.05, 4.69) is 15.3 Å². The molecule has 1 aliphatic rings. The van der Waals surface area contributed by atoms with Gasteiger partial charge in [-0.25, -0.2) is 0 Å². The van der Waals surface area contributed by atoms with Crippen LogP contribution in [-0.2, 0) is 0 Å². The Morgan fingerprint density at radius 1 is 1.03 bits per heavy atom. The van der Waals surface area contributed by atoms with Gasteiger partial charge in [-0.15, -0.1) is 0 Å². The molecular formula is C26H21Cl3N4O2. The van der Waals surface area contributed by atoms with Gasteiger partial charge in [0.05, 0.1) is 35.1 Å². The monoisotopic (exact) mass is 526 g/mol. The molecule has 3 heterocycles. The molecule has 1 amide bonds. The number of nitrogens with zero attached hydrogens (tertiary/aromatic N) is 3. The third kappa shape index (κ3) is 4.61. The van der Waals surface area contributed by atoms with Crippen molar-refractivity contribution < 1.29 is 9.53 Å². The average Bonchev–Trinajstić information content (AvgIpc) is 2.82. The standard InChI is InChI=1S/C26H21Cl3N4O2/c1-33(2)25-19-5-7-30-23(14-9-16(28)11-17(29)10-14)24(19)31-13-20(25)26(34)32-21-6-8-35-22-12-15(27)3-4-18(21)22/h3-5,7,9-13,21H,6,8H2,1-2H3,(H,32,34)/t21-/m0/s1. The number of anilines is 1. The van der Waals surface area contributed by atoms with E-state index < -0.39 is 0 Å². The summed E-state index contributed by atoms with van der Waals surface area (Å²) < 4.78 is 5.73. The van der Waals surface area contributed by atoms with Crippen LogP contribution < -0.4 is 15.0 Å². The lowest BCUT2D eigenvalue weighted by molar-refractivity contribution is 0.0925. The first-order valence-electron chi connectivity index (χ1n) is 11.0. The second kappa shape index (κ2) is 9.53. The smallest absolute Gasteiger partial charge is 0.255 e. The van der Waals surface area contributed by atoms with Gasteiger partial charge in [0.2, 0.25) is 0 Å². The van der Waals surface area contributed by atoms with E-state index in [1.807, 2.05) is 31.1 Å². The first-order valence-corrected chi connectivity index (χ1v) is 12.1. The Labute approximate surface area is 217 Å². The molecule has 35 heavy (non-hydrogen) atoms. The molecular weight excluding hydrogens is 507 g/mol. The van der Waals surface area contributed by atoms with Crippen LogP contribution in [-0.4, -0.2) is 36.6 Å². The van der Waals surface area contributed by atoms with Crippen molar-refractivity contribution in [1.29, 1.82) is 0 Å². The van der Waals surface area contributed by atoms with Gasteiger partial charge in [-0.05, 0) is 36.4 Å². The van der Waals surface area contributed by atoms with Crippen molar-refractivity contribution in [1.82, 2.24) is 15.3 Å². The van der Waals surface area contributed by atoms with Crippen molar-refractivity contribution in [3.63, 3.8) is 0 Å². The fraction of sp³-hybridized carbons (Fsp3) is 0.192. The van der Waals surface area contributed by atoms with Gasteiger partial charge < -0.3 is 15.0 Å². The Kier molecular flexibility index (Phi) is 6.45. The summed E-state index contributed by atoms with van der Waals surface area (Å²) in [5.74, 6) is 0.467. The van der Waals surface area contributed by atoms with Gasteiger partial charge in [-0.2, -0.15) is 0 Å². The van der Waals surface area contributed by atoms with E-state index >= 15 is 0 Å². The molecule has 0 fully saturated rings. The largest absolute Gasteiger partial charge is 0.493 e. The Morgan fingerprint density at radius 2 is 1.80 bits per heavy atom. The maximum atomic E-state index is 13.5. The molecule has 0 aliphatic carbocycles. The van der Waals surface area contributed by atoms with Crippen molar-refractivity contribution >= 4 is 57.3 Å². The van der Waals surface area contributed by atoms with Crippen LogP contribution in [0.5, 0.6) is 5.75 Å². The van der Waals surface area contributed by atoms with Crippen LogP contribution in [0.2, 0.25) is 15.1 Å². The molecule has 6 nitrogen and oxygen atoms in total. The first-order chi connectivity index (χ1) is 16.8. The number of hydrogen-bond donors (Lipinski definition) is 1. The van der Waals surface area contributed by atoms with Gasteiger partial charge in [0.1, 0.15) is 5.75 Å². The number of rotatable bonds is 4. The zero-order valence-electron chi connectivity index (χ0n) is 19.0. The third-order valence-electron chi connectivity index (χ3n) is 5.91. The van der Waals surface area contributed by atoms with Crippen LogP contribution in [0, 0.1) is 0 Å². The summed E-state index contributed by atoms with van der Waals surface area (Å²) in [5, 5.41) is 5.55. The van der Waals surface area contributed by atoms with Crippen LogP contribution in [0.15, 0.2) is 54.9 Å². The van der Waals surface area contributed by atoms with Crippen LogP contribution in [0.3, 0.4) is 0 Å². The lowest BCUT2D eigenvalue weighted by atomic mass is 9.99. The highest BCUT2D eigenvalue weighted by atomic mass is 35.5. The van der Waals surface area contributed by atoms with Crippen LogP contribution in [0.1, 0.15) is 28.4 Å². The molecule has 5 rings (SSSR count). The highest BCUT2D eigenvalue weighted by Gasteiger charge is 2.26. The number of hydrogen-bond acceptors (Lipinski definition) is 5. The average molecular weight is 528 g/mol. The van der Waals surface area contributed by atoms with E-state index in [9.17, 15) is 4.79 Å². The Balaban J connectivity index is 1.57. The summed E-state index contributed by atoms with van der Waals surface area (Å²) in [5.41, 5.74) is 4.14. The number of benzene rings is 2. The fourth-order valence-corrected chi connectivity index (χ4v) is 5.10. The predicted molar refractivity (Wildman–Crippen MR) is 141 cm³/mol. The number of carbonyl (C=O) groups excluding carboxylic acids is 1. The van der Waals surface area contributed by atoms with E-state index in [4.69, 9.17) is 39.5 Å². The molecule has 0 saturated heterocycles. The van der Waals surface area contributed by atoms with E-state index in [1.54, 1.807) is 42.7 Å². The first kappa shape index (κ1) is 23.7. The maximum Gasteiger partial charge on any atom is 0.255 e. The Hall–Kier alpha value is -3.06. The van der Waals surface area contributed by atoms with Gasteiger partial charge in [-0.1, -0.05) is 40.9 Å². The minimum Gasteiger partial charge on any atom is -0.493 e. The number of ether oxygens (including phenoxy) is 1. The molecule has 1 atom stereocenters. The number of amides is 1. The minimum atomic E-state index is -0.222. The zero-order chi connectivity index (χ0) is 24.7. The van der Waals surface area contributed by atoms with Crippen LogP contribution >= 0.6 is 34.8 Å². The normalized spacial score (nSPS) is 14.8. The molecule has 2 aromatic heterocycles. The molecule has 178 valence electrons. The van der Waals surface area contributed by atoms with Crippen molar-refractivity contribution in [3.05, 3.63) is 81.1 Å². The van der Waals surface area contributed by atoms with Crippen molar-refractivity contribution in [2.24, 2.45) is 0 Å². The van der Waals surface area contributed by atoms with Crippen LogP contribution in [0.25, 0.3) is 22.2 Å². The number of pyridine rings is 2. The quantitative estimate of drug-likeness (QED) is 0.325. The van der Waals surface area contributed by atoms with Gasteiger partial charge in [-0.3, -0.25) is 14.8 Å². The highest BCUT2D eigenvalue weighted by molar-refractivity contribution is 6.35. The molecule has 0 saturated carbocycles. The number of aromatic nitrogens is 2. The van der Waals surface area contributed by atoms with E-state index in [0.29, 0.717) is 50.6 Å². The van der Waals surface area contributed by atoms with Gasteiger partial charge in [0.15, 0.2) is 0 Å². The van der Waals surface area contributed by atoms with Gasteiger partial charge >= 0.3 is 0 Å². The molecule has 0 spiro atoms. The molecule has 2 aromatic carbocycles. The van der Waals surface area contributed by atoms with Crippen molar-refractivity contribution in [2.45, 2.75) is 12.5 Å². The number of nitrogens with one attached hydrogen (secondary N) is 1. The SMILES string of the molecule is CN(C)c1c(C(=O)N[C@H]2CCOc3cc(Cl)ccc32)cnc2c(-c3cc(Cl)cc(Cl)c3)nccc12. The minimum absolute atomic E-state index is 0.198. The number of carbonyl (C=O) groups is 1. The zero-order valence-corrected chi connectivity index (χ0v) is 21.2. The fourth-order valence-electron chi connectivity index (χ4n) is 4.41. The number of fused-ring (bicyclic) bond motifs is 2. The summed E-state index contributed by atoms with van der Waals surface area (Å²) in [7, 11) is 3.79. The molecule has 0 bridgehead atoms. The summed E-state index contributed by atoms with van der Waals surface area (Å²) in [4.78, 5) is 24.6. The lowest BCUT2D eigenvalue weighted by Gasteiger charge is -2.28. The topological polar surface area (TPSA) is 67.4 Å². The molecule has 1 aliphatic heterocycles. The van der Waals surface area contributed by atoms with Gasteiger partial charge in [0, 0.05) is 64.5 Å². The second-order valence-electron chi connectivity index (χ2n) is 8.47. The molecule has 0 unspecified atom stereocenters. The number of halogens is 3. The highest BCUT2D eigenvalue weighted by Crippen LogP contribution is 2.37. The maximum absolute atomic E-state index is 13.5. The van der Waals surface area contributed by atoms with Crippen LogP contribution in [0.4, 0.5) is 5.69 Å². The summed E-state index contributed by atoms with van der Waals surface area (Å²) in [6.45, 7) is 0.492. The van der Waals surface area contributed by atoms with Gasteiger partial charge in [0.25, 0.3) is 5.91 Å². The van der Waals surface area contributed by atoms with E-state index in [0.717, 1.165) is 22.2 Å². The summed E-state index contributed by atoms with van der Waals surface area (Å²) in [6, 6.07) is 12.4. The Bertz CT molecular complexity index is 1440. The lowest BCUT2D eigenvalue weighted by Crippen LogP contribution is -2.33. The molecule has 1 N–H and O–H groups in total. The summed E-state index contributed by atoms with van der Waals surface area (Å²) in [6.07, 6.45) is 3.94. The van der Waals surface area contributed by atoms with Crippen molar-refractivity contribution in [3.8, 4) is 17.0 Å². The van der Waals surface area contributed by atoms with E-state index in [-0.39, 0.29) is 11.9 Å². The summed E-state index contributed by atoms with van der Waals surface area (Å²) >= 11 is 18.6. The molecule has 9 heteroatoms. The molecule has 4 aromatic rings. The third-order valence-corrected chi connectivity index (χ3v) is 6.58. The van der Waals surface area contributed by atoms with Crippen molar-refractivity contribution in [2.75, 3.05) is 25.6 Å².